The molecule has 3 rings (SSSR count). The number of anilines is 1. The number of piperidine rings is 1. The zero-order valence-electron chi connectivity index (χ0n) is 13.8. The monoisotopic (exact) mass is 337 g/mol. The highest BCUT2D eigenvalue weighted by atomic mass is 32.1. The van der Waals surface area contributed by atoms with E-state index in [1.807, 2.05) is 0 Å². The Morgan fingerprint density at radius 1 is 1.43 bits per heavy atom. The third-order valence-electron chi connectivity index (χ3n) is 4.82. The predicted octanol–water partition coefficient (Wildman–Crippen LogP) is 2.97. The molecule has 0 radical (unpaired) electrons. The van der Waals surface area contributed by atoms with Gasteiger partial charge in [-0.2, -0.15) is 0 Å². The van der Waals surface area contributed by atoms with Crippen molar-refractivity contribution in [1.29, 1.82) is 0 Å². The Hall–Kier alpha value is -1.27. The largest absolute Gasteiger partial charge is 0.376 e. The standard InChI is InChI=1S/C17H27N3O2S/c1-2-14(15-5-3-11-22-15)19-17(21)18-13-7-9-20(10-8-13)16-6-4-12-23-16/h4,6,12-15H,2-3,5,7-11H2,1H3,(H2,18,19,21)/t14-,15+/m0/s1. The number of hydrogen-bond acceptors (Lipinski definition) is 4. The van der Waals surface area contributed by atoms with Gasteiger partial charge in [-0.05, 0) is 49.6 Å². The zero-order chi connectivity index (χ0) is 16.1. The second kappa shape index (κ2) is 8.02. The fourth-order valence-electron chi connectivity index (χ4n) is 3.47. The van der Waals surface area contributed by atoms with Crippen molar-refractivity contribution in [3.8, 4) is 0 Å². The molecule has 6 heteroatoms. The first-order valence-corrected chi connectivity index (χ1v) is 9.61. The number of ether oxygens (including phenoxy) is 1. The van der Waals surface area contributed by atoms with Crippen LogP contribution in [-0.2, 0) is 4.74 Å². The third-order valence-corrected chi connectivity index (χ3v) is 5.75. The first-order chi connectivity index (χ1) is 11.3. The lowest BCUT2D eigenvalue weighted by atomic mass is 10.0. The van der Waals surface area contributed by atoms with Gasteiger partial charge in [0, 0.05) is 25.7 Å². The van der Waals surface area contributed by atoms with Gasteiger partial charge in [0.25, 0.3) is 0 Å². The molecule has 2 atom stereocenters. The number of nitrogens with zero attached hydrogens (tertiary/aromatic N) is 1. The van der Waals surface area contributed by atoms with Crippen LogP contribution in [0.5, 0.6) is 0 Å². The summed E-state index contributed by atoms with van der Waals surface area (Å²) >= 11 is 1.78. The van der Waals surface area contributed by atoms with Gasteiger partial charge in [0.1, 0.15) is 0 Å². The Labute approximate surface area is 142 Å². The average molecular weight is 337 g/mol. The van der Waals surface area contributed by atoms with Crippen LogP contribution in [0.15, 0.2) is 17.5 Å². The number of carbonyl (C=O) groups is 1. The van der Waals surface area contributed by atoms with Crippen molar-refractivity contribution >= 4 is 22.4 Å². The molecule has 2 amide bonds. The van der Waals surface area contributed by atoms with E-state index in [9.17, 15) is 4.79 Å². The first kappa shape index (κ1) is 16.6. The molecule has 2 fully saturated rings. The molecule has 1 aromatic heterocycles. The summed E-state index contributed by atoms with van der Waals surface area (Å²) in [6, 6.07) is 4.62. The molecule has 5 nitrogen and oxygen atoms in total. The second-order valence-electron chi connectivity index (χ2n) is 6.40. The molecular weight excluding hydrogens is 310 g/mol. The van der Waals surface area contributed by atoms with Crippen molar-refractivity contribution < 1.29 is 9.53 Å². The van der Waals surface area contributed by atoms with E-state index in [-0.39, 0.29) is 24.2 Å². The molecule has 1 aromatic rings. The van der Waals surface area contributed by atoms with E-state index in [0.29, 0.717) is 0 Å². The van der Waals surface area contributed by atoms with Gasteiger partial charge in [-0.25, -0.2) is 4.79 Å². The molecule has 2 saturated heterocycles. The lowest BCUT2D eigenvalue weighted by Gasteiger charge is -2.33. The minimum Gasteiger partial charge on any atom is -0.376 e. The van der Waals surface area contributed by atoms with Crippen LogP contribution in [0.4, 0.5) is 9.80 Å². The Balaban J connectivity index is 1.42. The lowest BCUT2D eigenvalue weighted by Crippen LogP contribution is -2.52. The molecule has 3 heterocycles. The van der Waals surface area contributed by atoms with Crippen molar-refractivity contribution in [2.24, 2.45) is 0 Å². The highest BCUT2D eigenvalue weighted by Crippen LogP contribution is 2.24. The molecule has 0 aliphatic carbocycles. The summed E-state index contributed by atoms with van der Waals surface area (Å²) in [5.41, 5.74) is 0. The Morgan fingerprint density at radius 2 is 2.26 bits per heavy atom. The van der Waals surface area contributed by atoms with Crippen LogP contribution in [0.2, 0.25) is 0 Å². The second-order valence-corrected chi connectivity index (χ2v) is 7.32. The van der Waals surface area contributed by atoms with Gasteiger partial charge in [-0.3, -0.25) is 0 Å². The van der Waals surface area contributed by atoms with Gasteiger partial charge in [0.15, 0.2) is 0 Å². The van der Waals surface area contributed by atoms with Crippen LogP contribution in [0.25, 0.3) is 0 Å². The number of urea groups is 1. The van der Waals surface area contributed by atoms with E-state index in [1.54, 1.807) is 11.3 Å². The summed E-state index contributed by atoms with van der Waals surface area (Å²) in [7, 11) is 0. The number of hydrogen-bond donors (Lipinski definition) is 2. The van der Waals surface area contributed by atoms with Crippen molar-refractivity contribution in [2.45, 2.75) is 57.2 Å². The van der Waals surface area contributed by atoms with Crippen molar-refractivity contribution in [2.75, 3.05) is 24.6 Å². The SMILES string of the molecule is CC[C@H](NC(=O)NC1CCN(c2cccs2)CC1)[C@H]1CCCO1. The quantitative estimate of drug-likeness (QED) is 0.868. The molecule has 2 aliphatic heterocycles. The lowest BCUT2D eigenvalue weighted by molar-refractivity contribution is 0.0794. The minimum absolute atomic E-state index is 0.0399. The van der Waals surface area contributed by atoms with E-state index in [0.717, 1.165) is 51.8 Å². The molecule has 2 N–H and O–H groups in total. The summed E-state index contributed by atoms with van der Waals surface area (Å²) in [5.74, 6) is 0. The Kier molecular flexibility index (Phi) is 5.78. The average Bonchev–Trinajstić information content (AvgIpc) is 3.26. The molecular formula is C17H27N3O2S. The van der Waals surface area contributed by atoms with Gasteiger partial charge in [0.05, 0.1) is 17.1 Å². The molecule has 0 unspecified atom stereocenters. The summed E-state index contributed by atoms with van der Waals surface area (Å²) in [5, 5.41) is 9.70. The topological polar surface area (TPSA) is 53.6 Å². The smallest absolute Gasteiger partial charge is 0.315 e. The molecule has 0 saturated carbocycles. The zero-order valence-corrected chi connectivity index (χ0v) is 14.6. The Bertz CT molecular complexity index is 480. The van der Waals surface area contributed by atoms with E-state index in [1.165, 1.54) is 5.00 Å². The maximum absolute atomic E-state index is 12.3. The van der Waals surface area contributed by atoms with Gasteiger partial charge in [-0.15, -0.1) is 11.3 Å². The maximum atomic E-state index is 12.3. The molecule has 23 heavy (non-hydrogen) atoms. The van der Waals surface area contributed by atoms with Crippen LogP contribution < -0.4 is 15.5 Å². The summed E-state index contributed by atoms with van der Waals surface area (Å²) in [4.78, 5) is 14.7. The van der Waals surface area contributed by atoms with E-state index >= 15 is 0 Å². The molecule has 0 bridgehead atoms. The van der Waals surface area contributed by atoms with Crippen LogP contribution in [-0.4, -0.2) is 43.9 Å². The third kappa shape index (κ3) is 4.38. The van der Waals surface area contributed by atoms with Gasteiger partial charge >= 0.3 is 6.03 Å². The van der Waals surface area contributed by atoms with Crippen LogP contribution in [0.1, 0.15) is 39.0 Å². The fourth-order valence-corrected chi connectivity index (χ4v) is 4.25. The van der Waals surface area contributed by atoms with E-state index in [4.69, 9.17) is 4.74 Å². The highest BCUT2D eigenvalue weighted by Gasteiger charge is 2.27. The van der Waals surface area contributed by atoms with E-state index in [2.05, 4.69) is 40.0 Å². The minimum atomic E-state index is -0.0399. The van der Waals surface area contributed by atoms with Crippen LogP contribution in [0, 0.1) is 0 Å². The summed E-state index contributed by atoms with van der Waals surface area (Å²) in [6.45, 7) is 4.95. The predicted molar refractivity (Wildman–Crippen MR) is 94.3 cm³/mol. The maximum Gasteiger partial charge on any atom is 0.315 e. The Morgan fingerprint density at radius 3 is 2.87 bits per heavy atom. The highest BCUT2D eigenvalue weighted by molar-refractivity contribution is 7.14. The van der Waals surface area contributed by atoms with Crippen molar-refractivity contribution in [3.63, 3.8) is 0 Å². The van der Waals surface area contributed by atoms with Gasteiger partial charge in [0.2, 0.25) is 0 Å². The molecule has 0 spiro atoms. The number of thiophene rings is 1. The number of amides is 2. The van der Waals surface area contributed by atoms with Gasteiger partial charge in [-0.1, -0.05) is 6.92 Å². The molecule has 128 valence electrons. The number of nitrogens with one attached hydrogen (secondary N) is 2. The van der Waals surface area contributed by atoms with Crippen molar-refractivity contribution in [3.05, 3.63) is 17.5 Å². The fraction of sp³-hybridized carbons (Fsp3) is 0.706. The first-order valence-electron chi connectivity index (χ1n) is 8.73. The number of carbonyl (C=O) groups excluding carboxylic acids is 1. The van der Waals surface area contributed by atoms with E-state index < -0.39 is 0 Å². The number of rotatable bonds is 5. The molecule has 2 aliphatic rings. The van der Waals surface area contributed by atoms with Crippen LogP contribution >= 0.6 is 11.3 Å². The molecule has 0 aromatic carbocycles. The van der Waals surface area contributed by atoms with Crippen molar-refractivity contribution in [1.82, 2.24) is 10.6 Å². The normalized spacial score (nSPS) is 23.7. The summed E-state index contributed by atoms with van der Waals surface area (Å²) in [6.07, 6.45) is 5.26. The summed E-state index contributed by atoms with van der Waals surface area (Å²) < 4.78 is 5.70. The van der Waals surface area contributed by atoms with Gasteiger partial charge < -0.3 is 20.3 Å². The van der Waals surface area contributed by atoms with Crippen LogP contribution in [0.3, 0.4) is 0 Å².